The van der Waals surface area contributed by atoms with Gasteiger partial charge in [0.2, 0.25) is 0 Å². The van der Waals surface area contributed by atoms with Crippen molar-refractivity contribution < 1.29 is 4.74 Å². The lowest BCUT2D eigenvalue weighted by Gasteiger charge is -2.07. The Morgan fingerprint density at radius 1 is 1.24 bits per heavy atom. The number of ether oxygens (including phenoxy) is 1. The first-order valence-corrected chi connectivity index (χ1v) is 5.27. The van der Waals surface area contributed by atoms with Crippen LogP contribution < -0.4 is 4.74 Å². The summed E-state index contributed by atoms with van der Waals surface area (Å²) >= 11 is 0. The zero-order chi connectivity index (χ0) is 12.3. The van der Waals surface area contributed by atoms with E-state index in [0.717, 1.165) is 22.6 Å². The molecular weight excluding hydrogens is 212 g/mol. The second-order valence-corrected chi connectivity index (χ2v) is 3.70. The van der Waals surface area contributed by atoms with Gasteiger partial charge in [0.25, 0.3) is 0 Å². The largest absolute Gasteiger partial charge is 0.497 e. The Kier molecular flexibility index (Phi) is 3.06. The lowest BCUT2D eigenvalue weighted by atomic mass is 10.0. The summed E-state index contributed by atoms with van der Waals surface area (Å²) in [6.07, 6.45) is 0. The molecule has 17 heavy (non-hydrogen) atoms. The fourth-order valence-electron chi connectivity index (χ4n) is 1.70. The Hall–Kier alpha value is -2.34. The van der Waals surface area contributed by atoms with Crippen LogP contribution in [0, 0.1) is 18.3 Å². The van der Waals surface area contributed by atoms with Gasteiger partial charge in [-0.15, -0.1) is 0 Å². The minimum Gasteiger partial charge on any atom is -0.497 e. The molecule has 1 heterocycles. The first-order valence-electron chi connectivity index (χ1n) is 5.27. The predicted molar refractivity (Wildman–Crippen MR) is 65.7 cm³/mol. The Labute approximate surface area is 100 Å². The van der Waals surface area contributed by atoms with E-state index in [0.29, 0.717) is 5.69 Å². The van der Waals surface area contributed by atoms with Crippen molar-refractivity contribution in [1.82, 2.24) is 4.98 Å². The van der Waals surface area contributed by atoms with Crippen LogP contribution in [0.25, 0.3) is 11.3 Å². The van der Waals surface area contributed by atoms with Gasteiger partial charge in [0.1, 0.15) is 17.5 Å². The number of pyridine rings is 1. The molecule has 3 nitrogen and oxygen atoms in total. The van der Waals surface area contributed by atoms with Crippen LogP contribution in [0.4, 0.5) is 0 Å². The van der Waals surface area contributed by atoms with Gasteiger partial charge in [0, 0.05) is 5.56 Å². The van der Waals surface area contributed by atoms with Gasteiger partial charge >= 0.3 is 0 Å². The van der Waals surface area contributed by atoms with Crippen molar-refractivity contribution >= 4 is 0 Å². The van der Waals surface area contributed by atoms with E-state index in [2.05, 4.69) is 4.98 Å². The molecule has 0 aliphatic heterocycles. The summed E-state index contributed by atoms with van der Waals surface area (Å²) in [6.45, 7) is 2.00. The van der Waals surface area contributed by atoms with Gasteiger partial charge in [-0.05, 0) is 42.8 Å². The van der Waals surface area contributed by atoms with E-state index in [-0.39, 0.29) is 0 Å². The number of hydrogen-bond acceptors (Lipinski definition) is 3. The molecular formula is C14H12N2O. The van der Waals surface area contributed by atoms with Crippen LogP contribution in [0.15, 0.2) is 36.4 Å². The molecule has 84 valence electrons. The third-order valence-corrected chi connectivity index (χ3v) is 2.57. The summed E-state index contributed by atoms with van der Waals surface area (Å²) < 4.78 is 5.16. The number of nitrogens with zero attached hydrogens (tertiary/aromatic N) is 2. The highest BCUT2D eigenvalue weighted by Gasteiger charge is 2.05. The van der Waals surface area contributed by atoms with E-state index >= 15 is 0 Å². The molecule has 1 aromatic carbocycles. The highest BCUT2D eigenvalue weighted by Crippen LogP contribution is 2.25. The lowest BCUT2D eigenvalue weighted by molar-refractivity contribution is 0.414. The Morgan fingerprint density at radius 2 is 2.06 bits per heavy atom. The van der Waals surface area contributed by atoms with Crippen molar-refractivity contribution in [2.45, 2.75) is 6.92 Å². The van der Waals surface area contributed by atoms with E-state index in [1.54, 1.807) is 13.2 Å². The summed E-state index contributed by atoms with van der Waals surface area (Å²) in [5, 5.41) is 8.83. The first kappa shape index (κ1) is 11.2. The van der Waals surface area contributed by atoms with Gasteiger partial charge in [-0.1, -0.05) is 6.07 Å². The summed E-state index contributed by atoms with van der Waals surface area (Å²) in [5.74, 6) is 0.822. The van der Waals surface area contributed by atoms with E-state index in [1.165, 1.54) is 0 Å². The molecule has 2 rings (SSSR count). The van der Waals surface area contributed by atoms with Crippen molar-refractivity contribution in [3.05, 3.63) is 47.7 Å². The Morgan fingerprint density at radius 3 is 2.71 bits per heavy atom. The van der Waals surface area contributed by atoms with Crippen molar-refractivity contribution in [2.75, 3.05) is 7.11 Å². The molecule has 0 aliphatic rings. The van der Waals surface area contributed by atoms with Crippen molar-refractivity contribution in [2.24, 2.45) is 0 Å². The summed E-state index contributed by atoms with van der Waals surface area (Å²) in [7, 11) is 1.64. The molecule has 0 fully saturated rings. The number of aryl methyl sites for hydroxylation is 1. The maximum Gasteiger partial charge on any atom is 0.141 e. The van der Waals surface area contributed by atoms with Gasteiger partial charge in [-0.2, -0.15) is 5.26 Å². The van der Waals surface area contributed by atoms with Crippen LogP contribution in [0.1, 0.15) is 11.3 Å². The molecule has 0 amide bonds. The van der Waals surface area contributed by atoms with Crippen LogP contribution in [0.5, 0.6) is 5.75 Å². The van der Waals surface area contributed by atoms with E-state index < -0.39 is 0 Å². The first-order chi connectivity index (χ1) is 8.24. The molecule has 0 aliphatic carbocycles. The molecule has 0 saturated heterocycles. The van der Waals surface area contributed by atoms with Crippen molar-refractivity contribution in [3.8, 4) is 23.1 Å². The zero-order valence-corrected chi connectivity index (χ0v) is 9.77. The normalized spacial score (nSPS) is 9.71. The van der Waals surface area contributed by atoms with E-state index in [1.807, 2.05) is 43.3 Å². The minimum atomic E-state index is 0.428. The molecule has 0 N–H and O–H groups in total. The quantitative estimate of drug-likeness (QED) is 0.787. The number of aromatic nitrogens is 1. The fraction of sp³-hybridized carbons (Fsp3) is 0.143. The van der Waals surface area contributed by atoms with Gasteiger partial charge in [0.15, 0.2) is 0 Å². The van der Waals surface area contributed by atoms with Crippen LogP contribution in [0.3, 0.4) is 0 Å². The van der Waals surface area contributed by atoms with Crippen molar-refractivity contribution in [1.29, 1.82) is 5.26 Å². The third kappa shape index (κ3) is 2.26. The number of benzene rings is 1. The SMILES string of the molecule is COc1ccc(-c2cccc(C#N)n2)c(C)c1. The molecule has 0 unspecified atom stereocenters. The number of nitriles is 1. The molecule has 0 spiro atoms. The molecule has 0 radical (unpaired) electrons. The number of rotatable bonds is 2. The fourth-order valence-corrected chi connectivity index (χ4v) is 1.70. The molecule has 2 aromatic rings. The van der Waals surface area contributed by atoms with Crippen LogP contribution in [0.2, 0.25) is 0 Å². The van der Waals surface area contributed by atoms with E-state index in [9.17, 15) is 0 Å². The molecule has 0 atom stereocenters. The minimum absolute atomic E-state index is 0.428. The second kappa shape index (κ2) is 4.67. The highest BCUT2D eigenvalue weighted by molar-refractivity contribution is 5.65. The van der Waals surface area contributed by atoms with Gasteiger partial charge in [0.05, 0.1) is 12.8 Å². The standard InChI is InChI=1S/C14H12N2O/c1-10-8-12(17-2)6-7-13(10)14-5-3-4-11(9-15)16-14/h3-8H,1-2H3. The van der Waals surface area contributed by atoms with Gasteiger partial charge in [-0.3, -0.25) is 0 Å². The summed E-state index contributed by atoms with van der Waals surface area (Å²) in [5.41, 5.74) is 3.33. The number of methoxy groups -OCH3 is 1. The molecule has 3 heteroatoms. The topological polar surface area (TPSA) is 45.9 Å². The monoisotopic (exact) mass is 224 g/mol. The second-order valence-electron chi connectivity index (χ2n) is 3.70. The zero-order valence-electron chi connectivity index (χ0n) is 9.77. The molecule has 0 saturated carbocycles. The average Bonchev–Trinajstić information content (AvgIpc) is 2.38. The number of hydrogen-bond donors (Lipinski definition) is 0. The lowest BCUT2D eigenvalue weighted by Crippen LogP contribution is -1.91. The van der Waals surface area contributed by atoms with Crippen LogP contribution >= 0.6 is 0 Å². The molecule has 0 bridgehead atoms. The maximum absolute atomic E-state index is 8.83. The summed E-state index contributed by atoms with van der Waals surface area (Å²) in [4.78, 5) is 4.28. The highest BCUT2D eigenvalue weighted by atomic mass is 16.5. The molecule has 1 aromatic heterocycles. The van der Waals surface area contributed by atoms with E-state index in [4.69, 9.17) is 10.00 Å². The Balaban J connectivity index is 2.49. The van der Waals surface area contributed by atoms with Gasteiger partial charge in [-0.25, -0.2) is 4.98 Å². The average molecular weight is 224 g/mol. The van der Waals surface area contributed by atoms with Crippen molar-refractivity contribution in [3.63, 3.8) is 0 Å². The van der Waals surface area contributed by atoms with Gasteiger partial charge < -0.3 is 4.74 Å². The Bertz CT molecular complexity index is 585. The smallest absolute Gasteiger partial charge is 0.141 e. The van der Waals surface area contributed by atoms with Crippen LogP contribution in [-0.4, -0.2) is 12.1 Å². The summed E-state index contributed by atoms with van der Waals surface area (Å²) in [6, 6.07) is 13.3. The van der Waals surface area contributed by atoms with Crippen LogP contribution in [-0.2, 0) is 0 Å². The maximum atomic E-state index is 8.83. The predicted octanol–water partition coefficient (Wildman–Crippen LogP) is 2.94. The third-order valence-electron chi connectivity index (χ3n) is 2.57.